The van der Waals surface area contributed by atoms with E-state index in [9.17, 15) is 9.90 Å². The lowest BCUT2D eigenvalue weighted by Gasteiger charge is -2.27. The first-order valence-electron chi connectivity index (χ1n) is 22.6. The first kappa shape index (κ1) is 49.7. The van der Waals surface area contributed by atoms with Gasteiger partial charge in [0.1, 0.15) is 0 Å². The monoisotopic (exact) mass is 719 g/mol. The molecule has 0 aromatic rings. The van der Waals surface area contributed by atoms with Crippen molar-refractivity contribution in [2.75, 3.05) is 32.8 Å². The van der Waals surface area contributed by atoms with Crippen molar-refractivity contribution in [2.24, 2.45) is 5.92 Å². The van der Waals surface area contributed by atoms with Gasteiger partial charge in [-0.1, -0.05) is 182 Å². The van der Waals surface area contributed by atoms with Crippen LogP contribution in [-0.2, 0) is 9.53 Å². The zero-order chi connectivity index (χ0) is 37.6. The standard InChI is InChI=1S/C46H90N2O3/c1-7-12-15-18-20-21-22-23-25-30-36-45(49)42-47(39-33-40-48(37-10-4)43(6)11-5)38-31-26-27-32-41-51-46(50)44(34-28-17-14-9-3)35-29-24-19-16-13-8-2/h10,37,44-45,49H,6-9,11-36,38-42H2,1-5H3/b37-10-. The number of rotatable bonds is 40. The van der Waals surface area contributed by atoms with Gasteiger partial charge in [-0.3, -0.25) is 4.79 Å². The molecule has 0 aliphatic carbocycles. The van der Waals surface area contributed by atoms with Crippen LogP contribution in [0, 0.1) is 5.92 Å². The molecule has 0 aliphatic rings. The van der Waals surface area contributed by atoms with Crippen LogP contribution in [0.2, 0.25) is 0 Å². The fraction of sp³-hybridized carbons (Fsp3) is 0.891. The summed E-state index contributed by atoms with van der Waals surface area (Å²) < 4.78 is 5.85. The Labute approximate surface area is 319 Å². The van der Waals surface area contributed by atoms with Crippen LogP contribution < -0.4 is 0 Å². The lowest BCUT2D eigenvalue weighted by Crippen LogP contribution is -2.35. The van der Waals surface area contributed by atoms with E-state index in [1.165, 1.54) is 109 Å². The van der Waals surface area contributed by atoms with E-state index in [1.54, 1.807) is 0 Å². The molecule has 51 heavy (non-hydrogen) atoms. The van der Waals surface area contributed by atoms with Crippen LogP contribution in [0.5, 0.6) is 0 Å². The van der Waals surface area contributed by atoms with E-state index in [2.05, 4.69) is 63.3 Å². The van der Waals surface area contributed by atoms with Crippen molar-refractivity contribution in [3.8, 4) is 0 Å². The Morgan fingerprint density at radius 3 is 1.59 bits per heavy atom. The van der Waals surface area contributed by atoms with Crippen LogP contribution in [-0.4, -0.2) is 59.8 Å². The predicted molar refractivity (Wildman–Crippen MR) is 224 cm³/mol. The Kier molecular flexibility index (Phi) is 37.4. The highest BCUT2D eigenvalue weighted by Crippen LogP contribution is 2.21. The molecule has 0 bridgehead atoms. The van der Waals surface area contributed by atoms with Crippen molar-refractivity contribution in [3.05, 3.63) is 24.6 Å². The van der Waals surface area contributed by atoms with E-state index >= 15 is 0 Å². The number of aliphatic hydroxyl groups is 1. The molecule has 5 heteroatoms. The Hall–Kier alpha value is -1.33. The molecular formula is C46H90N2O3. The molecule has 302 valence electrons. The van der Waals surface area contributed by atoms with Gasteiger partial charge in [0, 0.05) is 18.8 Å². The highest BCUT2D eigenvalue weighted by molar-refractivity contribution is 5.72. The summed E-state index contributed by atoms with van der Waals surface area (Å²) in [6, 6.07) is 0. The van der Waals surface area contributed by atoms with Crippen LogP contribution in [0.15, 0.2) is 24.6 Å². The number of nitrogens with zero attached hydrogens (tertiary/aromatic N) is 2. The molecule has 0 saturated carbocycles. The van der Waals surface area contributed by atoms with E-state index in [-0.39, 0.29) is 18.0 Å². The SMILES string of the molecule is C=C(CC)N(/C=C\C)CCCN(CCCCCCOC(=O)C(CCCCCC)CCCCCCCC)CC(O)CCCCCCCCCCCC. The van der Waals surface area contributed by atoms with E-state index in [0.29, 0.717) is 6.61 Å². The minimum atomic E-state index is -0.248. The maximum Gasteiger partial charge on any atom is 0.308 e. The van der Waals surface area contributed by atoms with Gasteiger partial charge in [0.05, 0.1) is 18.6 Å². The third-order valence-corrected chi connectivity index (χ3v) is 10.6. The van der Waals surface area contributed by atoms with Crippen LogP contribution >= 0.6 is 0 Å². The normalized spacial score (nSPS) is 12.9. The first-order chi connectivity index (χ1) is 24.9. The van der Waals surface area contributed by atoms with Gasteiger partial charge in [-0.2, -0.15) is 0 Å². The molecule has 2 unspecified atom stereocenters. The van der Waals surface area contributed by atoms with E-state index < -0.39 is 0 Å². The quantitative estimate of drug-likeness (QED) is 0.0505. The average molecular weight is 719 g/mol. The zero-order valence-corrected chi connectivity index (χ0v) is 35.2. The largest absolute Gasteiger partial charge is 0.465 e. The van der Waals surface area contributed by atoms with E-state index in [0.717, 1.165) is 109 Å². The minimum Gasteiger partial charge on any atom is -0.465 e. The summed E-state index contributed by atoms with van der Waals surface area (Å²) in [5.41, 5.74) is 1.16. The van der Waals surface area contributed by atoms with Crippen molar-refractivity contribution in [1.82, 2.24) is 9.80 Å². The van der Waals surface area contributed by atoms with Crippen molar-refractivity contribution in [3.63, 3.8) is 0 Å². The summed E-state index contributed by atoms with van der Waals surface area (Å²) in [5, 5.41) is 11.0. The highest BCUT2D eigenvalue weighted by atomic mass is 16.5. The molecular weight excluding hydrogens is 629 g/mol. The molecule has 5 nitrogen and oxygen atoms in total. The van der Waals surface area contributed by atoms with Gasteiger partial charge in [-0.15, -0.1) is 0 Å². The van der Waals surface area contributed by atoms with E-state index in [1.807, 2.05) is 0 Å². The lowest BCUT2D eigenvalue weighted by molar-refractivity contribution is -0.149. The number of hydrogen-bond acceptors (Lipinski definition) is 5. The van der Waals surface area contributed by atoms with Crippen LogP contribution in [0.25, 0.3) is 0 Å². The lowest BCUT2D eigenvalue weighted by atomic mass is 9.94. The Balaban J connectivity index is 4.63. The average Bonchev–Trinajstić information content (AvgIpc) is 3.13. The summed E-state index contributed by atoms with van der Waals surface area (Å²) in [6.45, 7) is 19.6. The Bertz CT molecular complexity index is 784. The maximum atomic E-state index is 13.0. The van der Waals surface area contributed by atoms with Crippen LogP contribution in [0.1, 0.15) is 221 Å². The topological polar surface area (TPSA) is 53.0 Å². The fourth-order valence-electron chi connectivity index (χ4n) is 7.19. The summed E-state index contributed by atoms with van der Waals surface area (Å²) in [6.07, 6.45) is 39.0. The molecule has 2 atom stereocenters. The number of ether oxygens (including phenoxy) is 1. The number of unbranched alkanes of at least 4 members (excludes halogenated alkanes) is 20. The molecule has 0 amide bonds. The third kappa shape index (κ3) is 31.9. The van der Waals surface area contributed by atoms with Gasteiger partial charge in [0.2, 0.25) is 0 Å². The molecule has 0 heterocycles. The molecule has 1 N–H and O–H groups in total. The Morgan fingerprint density at radius 2 is 1.06 bits per heavy atom. The Morgan fingerprint density at radius 1 is 0.608 bits per heavy atom. The molecule has 0 aromatic carbocycles. The molecule has 0 rings (SSSR count). The van der Waals surface area contributed by atoms with Crippen LogP contribution in [0.3, 0.4) is 0 Å². The molecule has 0 spiro atoms. The highest BCUT2D eigenvalue weighted by Gasteiger charge is 2.19. The van der Waals surface area contributed by atoms with Crippen molar-refractivity contribution >= 4 is 5.97 Å². The molecule has 0 radical (unpaired) electrons. The second-order valence-corrected chi connectivity index (χ2v) is 15.6. The van der Waals surface area contributed by atoms with Gasteiger partial charge in [0.15, 0.2) is 0 Å². The molecule has 0 aliphatic heterocycles. The zero-order valence-electron chi connectivity index (χ0n) is 35.2. The number of carbonyl (C=O) groups is 1. The van der Waals surface area contributed by atoms with Gasteiger partial charge >= 0.3 is 5.97 Å². The number of hydrogen-bond donors (Lipinski definition) is 1. The molecule has 0 fully saturated rings. The summed E-state index contributed by atoms with van der Waals surface area (Å²) in [4.78, 5) is 17.8. The van der Waals surface area contributed by atoms with E-state index in [4.69, 9.17) is 4.74 Å². The number of esters is 1. The maximum absolute atomic E-state index is 13.0. The van der Waals surface area contributed by atoms with Crippen molar-refractivity contribution in [1.29, 1.82) is 0 Å². The van der Waals surface area contributed by atoms with Gasteiger partial charge in [0.25, 0.3) is 0 Å². The summed E-state index contributed by atoms with van der Waals surface area (Å²) in [7, 11) is 0. The second-order valence-electron chi connectivity index (χ2n) is 15.6. The van der Waals surface area contributed by atoms with Gasteiger partial charge < -0.3 is 19.6 Å². The van der Waals surface area contributed by atoms with Gasteiger partial charge in [-0.25, -0.2) is 0 Å². The van der Waals surface area contributed by atoms with Crippen LogP contribution in [0.4, 0.5) is 0 Å². The van der Waals surface area contributed by atoms with Crippen molar-refractivity contribution in [2.45, 2.75) is 227 Å². The summed E-state index contributed by atoms with van der Waals surface area (Å²) in [5.74, 6) is 0.145. The summed E-state index contributed by atoms with van der Waals surface area (Å²) >= 11 is 0. The van der Waals surface area contributed by atoms with Crippen molar-refractivity contribution < 1.29 is 14.6 Å². The predicted octanol–water partition coefficient (Wildman–Crippen LogP) is 13.6. The fourth-order valence-corrected chi connectivity index (χ4v) is 7.19. The first-order valence-corrected chi connectivity index (χ1v) is 22.6. The number of aliphatic hydroxyl groups excluding tert-OH is 1. The second kappa shape index (κ2) is 38.4. The number of carbonyl (C=O) groups excluding carboxylic acids is 1. The molecule has 0 aromatic heterocycles. The number of allylic oxidation sites excluding steroid dienone is 2. The smallest absolute Gasteiger partial charge is 0.308 e. The van der Waals surface area contributed by atoms with Gasteiger partial charge in [-0.05, 0) is 71.2 Å². The minimum absolute atomic E-state index is 0.0559. The molecule has 0 saturated heterocycles. The third-order valence-electron chi connectivity index (χ3n) is 10.6.